The summed E-state index contributed by atoms with van der Waals surface area (Å²) in [5.41, 5.74) is 1.11. The Morgan fingerprint density at radius 2 is 2.18 bits per heavy atom. The summed E-state index contributed by atoms with van der Waals surface area (Å²) in [7, 11) is 0. The molecule has 0 saturated carbocycles. The molecule has 1 rings (SSSR count). The minimum atomic E-state index is -0.748. The Labute approximate surface area is 102 Å². The molecule has 0 aliphatic heterocycles. The lowest BCUT2D eigenvalue weighted by molar-refractivity contribution is -0.141. The number of hydrogen-bond donors (Lipinski definition) is 1. The molecule has 1 aromatic rings. The van der Waals surface area contributed by atoms with Crippen LogP contribution in [0.25, 0.3) is 0 Å². The van der Waals surface area contributed by atoms with Gasteiger partial charge in [-0.25, -0.2) is 0 Å². The van der Waals surface area contributed by atoms with Crippen LogP contribution in [0.2, 0.25) is 0 Å². The minimum Gasteiger partial charge on any atom is -0.481 e. The molecule has 1 heterocycles. The molecule has 4 heteroatoms. The van der Waals surface area contributed by atoms with E-state index >= 15 is 0 Å². The van der Waals surface area contributed by atoms with Crippen LogP contribution >= 0.6 is 0 Å². The molecule has 94 valence electrons. The van der Waals surface area contributed by atoms with Gasteiger partial charge in [0.2, 0.25) is 0 Å². The smallest absolute Gasteiger partial charge is 0.307 e. The van der Waals surface area contributed by atoms with Crippen LogP contribution in [0.3, 0.4) is 0 Å². The van der Waals surface area contributed by atoms with Crippen molar-refractivity contribution in [1.82, 2.24) is 9.88 Å². The van der Waals surface area contributed by atoms with E-state index in [2.05, 4.69) is 23.7 Å². The summed E-state index contributed by atoms with van der Waals surface area (Å²) in [5, 5.41) is 8.94. The zero-order chi connectivity index (χ0) is 12.8. The first-order valence-corrected chi connectivity index (χ1v) is 5.86. The maximum atomic E-state index is 10.9. The Kier molecular flexibility index (Phi) is 5.10. The summed E-state index contributed by atoms with van der Waals surface area (Å²) in [4.78, 5) is 17.1. The van der Waals surface area contributed by atoms with Gasteiger partial charge in [0.05, 0.1) is 5.92 Å². The highest BCUT2D eigenvalue weighted by Gasteiger charge is 2.18. The van der Waals surface area contributed by atoms with Crippen LogP contribution in [-0.4, -0.2) is 33.5 Å². The maximum Gasteiger partial charge on any atom is 0.307 e. The Bertz CT molecular complexity index is 352. The fraction of sp³-hybridized carbons (Fsp3) is 0.538. The van der Waals surface area contributed by atoms with Crippen LogP contribution in [0, 0.1) is 5.92 Å². The summed E-state index contributed by atoms with van der Waals surface area (Å²) in [6, 6.07) is 4.22. The SMILES string of the molecule is CC(CN(Cc1cccnc1)C(C)C)C(=O)O. The highest BCUT2D eigenvalue weighted by Crippen LogP contribution is 2.10. The van der Waals surface area contributed by atoms with Gasteiger partial charge in [0.1, 0.15) is 0 Å². The molecule has 0 bridgehead atoms. The molecule has 17 heavy (non-hydrogen) atoms. The van der Waals surface area contributed by atoms with Gasteiger partial charge < -0.3 is 5.11 Å². The van der Waals surface area contributed by atoms with Crippen molar-refractivity contribution in [1.29, 1.82) is 0 Å². The van der Waals surface area contributed by atoms with E-state index in [0.717, 1.165) is 12.1 Å². The predicted molar refractivity (Wildman–Crippen MR) is 66.6 cm³/mol. The van der Waals surface area contributed by atoms with E-state index in [1.807, 2.05) is 18.3 Å². The van der Waals surface area contributed by atoms with Gasteiger partial charge in [-0.3, -0.25) is 14.7 Å². The quantitative estimate of drug-likeness (QED) is 0.821. The Morgan fingerprint density at radius 3 is 2.65 bits per heavy atom. The Hall–Kier alpha value is -1.42. The van der Waals surface area contributed by atoms with Crippen molar-refractivity contribution in [2.75, 3.05) is 6.54 Å². The van der Waals surface area contributed by atoms with Gasteiger partial charge in [0.25, 0.3) is 0 Å². The van der Waals surface area contributed by atoms with Gasteiger partial charge in [-0.2, -0.15) is 0 Å². The molecule has 1 aromatic heterocycles. The van der Waals surface area contributed by atoms with Crippen molar-refractivity contribution in [3.05, 3.63) is 30.1 Å². The van der Waals surface area contributed by atoms with Crippen LogP contribution in [-0.2, 0) is 11.3 Å². The first kappa shape index (κ1) is 13.6. The molecule has 1 atom stereocenters. The number of rotatable bonds is 6. The molecule has 0 fully saturated rings. The number of aromatic nitrogens is 1. The van der Waals surface area contributed by atoms with Gasteiger partial charge in [0.15, 0.2) is 0 Å². The number of aliphatic carboxylic acids is 1. The van der Waals surface area contributed by atoms with E-state index in [1.54, 1.807) is 13.1 Å². The van der Waals surface area contributed by atoms with Crippen LogP contribution in [0.15, 0.2) is 24.5 Å². The van der Waals surface area contributed by atoms with Crippen molar-refractivity contribution >= 4 is 5.97 Å². The van der Waals surface area contributed by atoms with Crippen molar-refractivity contribution in [3.8, 4) is 0 Å². The summed E-state index contributed by atoms with van der Waals surface area (Å²) in [6.07, 6.45) is 3.56. The highest BCUT2D eigenvalue weighted by molar-refractivity contribution is 5.69. The average molecular weight is 236 g/mol. The third kappa shape index (κ3) is 4.53. The van der Waals surface area contributed by atoms with E-state index in [-0.39, 0.29) is 5.92 Å². The third-order valence-electron chi connectivity index (χ3n) is 2.77. The fourth-order valence-corrected chi connectivity index (χ4v) is 1.61. The second kappa shape index (κ2) is 6.35. The number of nitrogens with zero attached hydrogens (tertiary/aromatic N) is 2. The van der Waals surface area contributed by atoms with Crippen molar-refractivity contribution in [2.45, 2.75) is 33.4 Å². The molecule has 1 unspecified atom stereocenters. The molecule has 0 amide bonds. The number of pyridine rings is 1. The van der Waals surface area contributed by atoms with Crippen LogP contribution in [0.4, 0.5) is 0 Å². The molecule has 0 aromatic carbocycles. The number of carboxylic acids is 1. The maximum absolute atomic E-state index is 10.9. The van der Waals surface area contributed by atoms with Crippen molar-refractivity contribution in [3.63, 3.8) is 0 Å². The summed E-state index contributed by atoms with van der Waals surface area (Å²) < 4.78 is 0. The monoisotopic (exact) mass is 236 g/mol. The second-order valence-electron chi connectivity index (χ2n) is 4.62. The Morgan fingerprint density at radius 1 is 1.47 bits per heavy atom. The lowest BCUT2D eigenvalue weighted by Gasteiger charge is -2.28. The topological polar surface area (TPSA) is 53.4 Å². The van der Waals surface area contributed by atoms with Crippen LogP contribution < -0.4 is 0 Å². The predicted octanol–water partition coefficient (Wildman–Crippen LogP) is 2.01. The number of carbonyl (C=O) groups is 1. The zero-order valence-electron chi connectivity index (χ0n) is 10.6. The fourth-order valence-electron chi connectivity index (χ4n) is 1.61. The van der Waals surface area contributed by atoms with Gasteiger partial charge >= 0.3 is 5.97 Å². The summed E-state index contributed by atoms with van der Waals surface area (Å²) >= 11 is 0. The Balaban J connectivity index is 2.64. The van der Waals surface area contributed by atoms with Crippen LogP contribution in [0.1, 0.15) is 26.3 Å². The molecular formula is C13H20N2O2. The van der Waals surface area contributed by atoms with E-state index < -0.39 is 5.97 Å². The summed E-state index contributed by atoms with van der Waals surface area (Å²) in [5.74, 6) is -1.10. The number of carboxylic acid groups (broad SMARTS) is 1. The lowest BCUT2D eigenvalue weighted by atomic mass is 10.1. The van der Waals surface area contributed by atoms with Crippen LogP contribution in [0.5, 0.6) is 0 Å². The highest BCUT2D eigenvalue weighted by atomic mass is 16.4. The molecule has 0 aliphatic rings. The largest absolute Gasteiger partial charge is 0.481 e. The summed E-state index contributed by atoms with van der Waals surface area (Å²) in [6.45, 7) is 7.18. The molecule has 0 aliphatic carbocycles. The standard InChI is InChI=1S/C13H20N2O2/c1-10(2)15(8-11(3)13(16)17)9-12-5-4-6-14-7-12/h4-7,10-11H,8-9H2,1-3H3,(H,16,17). The normalized spacial score (nSPS) is 13.0. The minimum absolute atomic E-state index is 0.317. The third-order valence-corrected chi connectivity index (χ3v) is 2.77. The van der Waals surface area contributed by atoms with Crippen molar-refractivity contribution in [2.24, 2.45) is 5.92 Å². The van der Waals surface area contributed by atoms with E-state index in [0.29, 0.717) is 12.6 Å². The van der Waals surface area contributed by atoms with Gasteiger partial charge in [-0.15, -0.1) is 0 Å². The molecule has 1 N–H and O–H groups in total. The first-order valence-electron chi connectivity index (χ1n) is 5.86. The van der Waals surface area contributed by atoms with Gasteiger partial charge in [-0.1, -0.05) is 13.0 Å². The zero-order valence-corrected chi connectivity index (χ0v) is 10.6. The molecule has 0 saturated heterocycles. The van der Waals surface area contributed by atoms with E-state index in [4.69, 9.17) is 5.11 Å². The van der Waals surface area contributed by atoms with Gasteiger partial charge in [0, 0.05) is 31.5 Å². The molecular weight excluding hydrogens is 216 g/mol. The molecule has 4 nitrogen and oxygen atoms in total. The van der Waals surface area contributed by atoms with Gasteiger partial charge in [-0.05, 0) is 25.5 Å². The first-order chi connectivity index (χ1) is 8.00. The molecule has 0 radical (unpaired) electrons. The average Bonchev–Trinajstić information content (AvgIpc) is 2.29. The van der Waals surface area contributed by atoms with Crippen molar-refractivity contribution < 1.29 is 9.90 Å². The lowest BCUT2D eigenvalue weighted by Crippen LogP contribution is -2.36. The number of hydrogen-bond acceptors (Lipinski definition) is 3. The molecule has 0 spiro atoms. The van der Waals surface area contributed by atoms with E-state index in [9.17, 15) is 4.79 Å². The van der Waals surface area contributed by atoms with E-state index in [1.165, 1.54) is 0 Å². The second-order valence-corrected chi connectivity index (χ2v) is 4.62.